The molecule has 1 aliphatic rings. The number of imidazole rings is 1. The van der Waals surface area contributed by atoms with Crippen LogP contribution in [0, 0.1) is 0 Å². The summed E-state index contributed by atoms with van der Waals surface area (Å²) in [4.78, 5) is 19.1. The highest BCUT2D eigenvalue weighted by molar-refractivity contribution is 5.95. The monoisotopic (exact) mass is 328 g/mol. The van der Waals surface area contributed by atoms with Crippen LogP contribution in [0.5, 0.6) is 0 Å². The summed E-state index contributed by atoms with van der Waals surface area (Å²) in [5, 5.41) is 6.19. The molecule has 0 saturated carbocycles. The number of carbonyl (C=O) groups excluding carboxylic acids is 1. The molecule has 0 spiro atoms. The Labute approximate surface area is 135 Å². The van der Waals surface area contributed by atoms with Gasteiger partial charge in [0.1, 0.15) is 5.82 Å². The number of H-pyrrole nitrogens is 1. The number of fused-ring (bicyclic) bond motifs is 1. The van der Waals surface area contributed by atoms with Gasteiger partial charge in [-0.15, -0.1) is 24.8 Å². The van der Waals surface area contributed by atoms with Gasteiger partial charge >= 0.3 is 0 Å². The Bertz CT molecular complexity index is 587. The van der Waals surface area contributed by atoms with Crippen molar-refractivity contribution in [3.63, 3.8) is 0 Å². The molecule has 0 fully saturated rings. The minimum absolute atomic E-state index is 0. The Morgan fingerprint density at radius 1 is 1.33 bits per heavy atom. The van der Waals surface area contributed by atoms with Crippen LogP contribution in [0.2, 0.25) is 0 Å². The summed E-state index contributed by atoms with van der Waals surface area (Å²) in [7, 11) is 0. The van der Waals surface area contributed by atoms with Crippen LogP contribution in [-0.4, -0.2) is 29.0 Å². The molecule has 1 aromatic heterocycles. The summed E-state index contributed by atoms with van der Waals surface area (Å²) in [5.41, 5.74) is 3.09. The van der Waals surface area contributed by atoms with Gasteiger partial charge in [-0.25, -0.2) is 4.98 Å². The number of aromatic amines is 1. The number of hydrogen-bond acceptors (Lipinski definition) is 3. The van der Waals surface area contributed by atoms with Gasteiger partial charge in [0.15, 0.2) is 0 Å². The van der Waals surface area contributed by atoms with Gasteiger partial charge in [0.25, 0.3) is 5.91 Å². The molecule has 0 unspecified atom stereocenters. The maximum absolute atomic E-state index is 12.0. The van der Waals surface area contributed by atoms with Crippen molar-refractivity contribution < 1.29 is 4.79 Å². The summed E-state index contributed by atoms with van der Waals surface area (Å²) in [6.45, 7) is 1.54. The smallest absolute Gasteiger partial charge is 0.251 e. The van der Waals surface area contributed by atoms with Crippen LogP contribution in [0.1, 0.15) is 21.7 Å². The first kappa shape index (κ1) is 17.3. The molecular formula is C14H18Cl2N4O. The number of halogens is 2. The van der Waals surface area contributed by atoms with E-state index in [4.69, 9.17) is 0 Å². The van der Waals surface area contributed by atoms with Crippen molar-refractivity contribution in [3.8, 4) is 0 Å². The van der Waals surface area contributed by atoms with Crippen molar-refractivity contribution >= 4 is 36.4 Å². The molecular weight excluding hydrogens is 311 g/mol. The van der Waals surface area contributed by atoms with Crippen molar-refractivity contribution in [3.05, 3.63) is 47.5 Å². The highest BCUT2D eigenvalue weighted by Crippen LogP contribution is 2.22. The minimum Gasteiger partial charge on any atom is -0.384 e. The quantitative estimate of drug-likeness (QED) is 0.805. The molecule has 1 aliphatic heterocycles. The van der Waals surface area contributed by atoms with Crippen LogP contribution in [-0.2, 0) is 12.8 Å². The molecule has 3 N–H and O–H groups in total. The van der Waals surface area contributed by atoms with Gasteiger partial charge in [-0.05, 0) is 30.2 Å². The number of carbonyl (C=O) groups is 1. The lowest BCUT2D eigenvalue weighted by atomic mass is 10.1. The summed E-state index contributed by atoms with van der Waals surface area (Å²) in [5.74, 6) is 0.861. The fourth-order valence-corrected chi connectivity index (χ4v) is 2.28. The normalized spacial score (nSPS) is 11.6. The molecule has 0 aliphatic carbocycles. The Balaban J connectivity index is 0.00000110. The standard InChI is InChI=1S/C14H16N4O.2ClH/c19-14(18-6-4-13-16-7-8-17-13)11-1-2-12-10(9-11)3-5-15-12;;/h1-2,7-9,15H,3-6H2,(H,16,17)(H,18,19);2*1H. The molecule has 114 valence electrons. The predicted molar refractivity (Wildman–Crippen MR) is 87.8 cm³/mol. The number of aromatic nitrogens is 2. The second-order valence-corrected chi connectivity index (χ2v) is 4.59. The van der Waals surface area contributed by atoms with E-state index in [-0.39, 0.29) is 30.7 Å². The predicted octanol–water partition coefficient (Wildman–Crippen LogP) is 2.19. The zero-order valence-corrected chi connectivity index (χ0v) is 13.0. The fourth-order valence-electron chi connectivity index (χ4n) is 2.28. The number of nitrogens with zero attached hydrogens (tertiary/aromatic N) is 1. The molecule has 0 saturated heterocycles. The lowest BCUT2D eigenvalue weighted by Gasteiger charge is -2.06. The number of rotatable bonds is 4. The molecule has 2 aromatic rings. The highest BCUT2D eigenvalue weighted by Gasteiger charge is 2.13. The van der Waals surface area contributed by atoms with E-state index >= 15 is 0 Å². The van der Waals surface area contributed by atoms with Gasteiger partial charge in [0.05, 0.1) is 0 Å². The van der Waals surface area contributed by atoms with E-state index in [9.17, 15) is 4.79 Å². The molecule has 3 rings (SSSR count). The highest BCUT2D eigenvalue weighted by atomic mass is 35.5. The van der Waals surface area contributed by atoms with E-state index in [0.29, 0.717) is 13.0 Å². The van der Waals surface area contributed by atoms with Crippen LogP contribution in [0.3, 0.4) is 0 Å². The SMILES string of the molecule is Cl.Cl.O=C(NCCc1ncc[nH]1)c1ccc2c(c1)CCN2. The zero-order valence-electron chi connectivity index (χ0n) is 11.4. The molecule has 2 heterocycles. The van der Waals surface area contributed by atoms with Gasteiger partial charge in [0.2, 0.25) is 0 Å². The molecule has 7 heteroatoms. The van der Waals surface area contributed by atoms with E-state index in [1.807, 2.05) is 18.2 Å². The molecule has 0 radical (unpaired) electrons. The molecule has 0 atom stereocenters. The third kappa shape index (κ3) is 4.12. The third-order valence-electron chi connectivity index (χ3n) is 3.28. The van der Waals surface area contributed by atoms with Crippen molar-refractivity contribution in [2.24, 2.45) is 0 Å². The number of amides is 1. The zero-order chi connectivity index (χ0) is 13.1. The third-order valence-corrected chi connectivity index (χ3v) is 3.28. The first-order valence-corrected chi connectivity index (χ1v) is 6.46. The largest absolute Gasteiger partial charge is 0.384 e. The van der Waals surface area contributed by atoms with Crippen LogP contribution in [0.15, 0.2) is 30.6 Å². The molecule has 0 bridgehead atoms. The maximum Gasteiger partial charge on any atom is 0.251 e. The lowest BCUT2D eigenvalue weighted by Crippen LogP contribution is -2.26. The molecule has 5 nitrogen and oxygen atoms in total. The number of nitrogens with one attached hydrogen (secondary N) is 3. The van der Waals surface area contributed by atoms with Gasteiger partial charge in [0, 0.05) is 43.2 Å². The second-order valence-electron chi connectivity index (χ2n) is 4.59. The second kappa shape index (κ2) is 7.90. The van der Waals surface area contributed by atoms with Crippen molar-refractivity contribution in [2.75, 3.05) is 18.4 Å². The molecule has 1 aromatic carbocycles. The maximum atomic E-state index is 12.0. The Kier molecular flexibility index (Phi) is 6.52. The Morgan fingerprint density at radius 3 is 2.95 bits per heavy atom. The minimum atomic E-state index is -0.0266. The van der Waals surface area contributed by atoms with Gasteiger partial charge in [-0.1, -0.05) is 0 Å². The summed E-state index contributed by atoms with van der Waals surface area (Å²) in [6, 6.07) is 5.81. The van der Waals surface area contributed by atoms with Gasteiger partial charge < -0.3 is 15.6 Å². The van der Waals surface area contributed by atoms with E-state index < -0.39 is 0 Å². The summed E-state index contributed by atoms with van der Waals surface area (Å²) >= 11 is 0. The van der Waals surface area contributed by atoms with Crippen LogP contribution >= 0.6 is 24.8 Å². The molecule has 21 heavy (non-hydrogen) atoms. The number of anilines is 1. The Morgan fingerprint density at radius 2 is 2.19 bits per heavy atom. The van der Waals surface area contributed by atoms with Crippen LogP contribution < -0.4 is 10.6 Å². The average molecular weight is 329 g/mol. The van der Waals surface area contributed by atoms with Crippen molar-refractivity contribution in [1.29, 1.82) is 0 Å². The van der Waals surface area contributed by atoms with E-state index in [2.05, 4.69) is 20.6 Å². The van der Waals surface area contributed by atoms with Crippen molar-refractivity contribution in [2.45, 2.75) is 12.8 Å². The first-order valence-electron chi connectivity index (χ1n) is 6.46. The van der Waals surface area contributed by atoms with E-state index in [0.717, 1.165) is 30.0 Å². The van der Waals surface area contributed by atoms with Crippen molar-refractivity contribution in [1.82, 2.24) is 15.3 Å². The summed E-state index contributed by atoms with van der Waals surface area (Å²) < 4.78 is 0. The molecule has 1 amide bonds. The van der Waals surface area contributed by atoms with E-state index in [1.165, 1.54) is 5.56 Å². The average Bonchev–Trinajstić information content (AvgIpc) is 3.08. The Hall–Kier alpha value is -1.72. The van der Waals surface area contributed by atoms with Gasteiger partial charge in [-0.2, -0.15) is 0 Å². The number of hydrogen-bond donors (Lipinski definition) is 3. The van der Waals surface area contributed by atoms with E-state index in [1.54, 1.807) is 12.4 Å². The van der Waals surface area contributed by atoms with Crippen LogP contribution in [0.4, 0.5) is 5.69 Å². The fraction of sp³-hybridized carbons (Fsp3) is 0.286. The van der Waals surface area contributed by atoms with Crippen LogP contribution in [0.25, 0.3) is 0 Å². The first-order chi connectivity index (χ1) is 9.33. The van der Waals surface area contributed by atoms with Gasteiger partial charge in [-0.3, -0.25) is 4.79 Å². The lowest BCUT2D eigenvalue weighted by molar-refractivity contribution is 0.0954. The number of benzene rings is 1. The summed E-state index contributed by atoms with van der Waals surface area (Å²) in [6.07, 6.45) is 5.20. The topological polar surface area (TPSA) is 69.8 Å².